The molecule has 308 valence electrons. The van der Waals surface area contributed by atoms with Crippen LogP contribution in [-0.2, 0) is 23.8 Å². The Bertz CT molecular complexity index is 1480. The van der Waals surface area contributed by atoms with E-state index in [-0.39, 0.29) is 53.7 Å². The third kappa shape index (κ3) is 5.80. The SMILES string of the molecule is CCC(C)C(=O)OCC12C(O)CC3(C)C(=CCC4C5(C)CCC(OC6OC(C(=O)O)C(O)C(O)C6O)C(C)(CO)C5CCC43C)C1CC(C)(C)C(O)C2O. The summed E-state index contributed by atoms with van der Waals surface area (Å²) in [7, 11) is 0. The molecule has 54 heavy (non-hydrogen) atoms. The number of carbonyl (C=O) groups excluding carboxylic acids is 1. The topological polar surface area (TPSA) is 224 Å². The summed E-state index contributed by atoms with van der Waals surface area (Å²) in [4.78, 5) is 24.8. The maximum absolute atomic E-state index is 13.0. The third-order valence-corrected chi connectivity index (χ3v) is 16.8. The fraction of sp³-hybridized carbons (Fsp3) is 0.902. The van der Waals surface area contributed by atoms with Crippen molar-refractivity contribution in [3.63, 3.8) is 0 Å². The average molecular weight is 767 g/mol. The number of esters is 1. The molecule has 0 aromatic rings. The van der Waals surface area contributed by atoms with Gasteiger partial charge in [-0.3, -0.25) is 4.79 Å². The molecule has 6 rings (SSSR count). The quantitative estimate of drug-likeness (QED) is 0.101. The normalized spacial score (nSPS) is 51.7. The first-order chi connectivity index (χ1) is 25.0. The van der Waals surface area contributed by atoms with Crippen LogP contribution in [0.4, 0.5) is 0 Å². The van der Waals surface area contributed by atoms with Gasteiger partial charge in [-0.15, -0.1) is 0 Å². The Kier molecular flexibility index (Phi) is 10.9. The van der Waals surface area contributed by atoms with E-state index in [9.17, 15) is 50.4 Å². The molecule has 0 spiro atoms. The zero-order chi connectivity index (χ0) is 40.1. The van der Waals surface area contributed by atoms with Crippen molar-refractivity contribution in [3.8, 4) is 0 Å². The van der Waals surface area contributed by atoms with Crippen molar-refractivity contribution in [2.75, 3.05) is 13.2 Å². The van der Waals surface area contributed by atoms with Crippen molar-refractivity contribution < 1.29 is 64.7 Å². The Balaban J connectivity index is 1.34. The summed E-state index contributed by atoms with van der Waals surface area (Å²) in [5, 5.41) is 88.0. The summed E-state index contributed by atoms with van der Waals surface area (Å²) >= 11 is 0. The van der Waals surface area contributed by atoms with Crippen LogP contribution in [0, 0.1) is 56.2 Å². The second-order valence-electron chi connectivity index (χ2n) is 19.7. The van der Waals surface area contributed by atoms with Gasteiger partial charge < -0.3 is 55.1 Å². The first kappa shape index (κ1) is 41.9. The van der Waals surface area contributed by atoms with Crippen LogP contribution >= 0.6 is 0 Å². The Labute approximate surface area is 319 Å². The molecule has 1 saturated heterocycles. The maximum atomic E-state index is 13.0. The molecule has 4 saturated carbocycles. The van der Waals surface area contributed by atoms with E-state index in [1.54, 1.807) is 6.92 Å². The van der Waals surface area contributed by atoms with E-state index in [1.807, 2.05) is 27.7 Å². The second-order valence-corrected chi connectivity index (χ2v) is 19.7. The zero-order valence-electron chi connectivity index (χ0n) is 33.3. The van der Waals surface area contributed by atoms with Gasteiger partial charge in [0.25, 0.3) is 0 Å². The van der Waals surface area contributed by atoms with Crippen LogP contribution in [0.15, 0.2) is 11.6 Å². The van der Waals surface area contributed by atoms with Gasteiger partial charge in [0, 0.05) is 5.41 Å². The van der Waals surface area contributed by atoms with E-state index in [2.05, 4.69) is 26.8 Å². The van der Waals surface area contributed by atoms with Crippen molar-refractivity contribution >= 4 is 11.9 Å². The summed E-state index contributed by atoms with van der Waals surface area (Å²) in [5.74, 6) is -2.53. The molecule has 5 aliphatic carbocycles. The number of aliphatic hydroxyl groups is 7. The van der Waals surface area contributed by atoms with Crippen molar-refractivity contribution in [1.82, 2.24) is 0 Å². The van der Waals surface area contributed by atoms with Gasteiger partial charge in [0.05, 0.1) is 42.4 Å². The highest BCUT2D eigenvalue weighted by Crippen LogP contribution is 2.76. The van der Waals surface area contributed by atoms with Crippen molar-refractivity contribution in [3.05, 3.63) is 11.6 Å². The van der Waals surface area contributed by atoms with Gasteiger partial charge in [-0.1, -0.05) is 67.0 Å². The minimum Gasteiger partial charge on any atom is -0.479 e. The molecule has 18 unspecified atom stereocenters. The predicted molar refractivity (Wildman–Crippen MR) is 194 cm³/mol. The zero-order valence-corrected chi connectivity index (χ0v) is 33.3. The molecule has 1 heterocycles. The fourth-order valence-corrected chi connectivity index (χ4v) is 12.9. The molecule has 5 fully saturated rings. The van der Waals surface area contributed by atoms with Crippen molar-refractivity contribution in [1.29, 1.82) is 0 Å². The summed E-state index contributed by atoms with van der Waals surface area (Å²) in [6, 6.07) is 0. The molecule has 13 nitrogen and oxygen atoms in total. The van der Waals surface area contributed by atoms with Gasteiger partial charge in [-0.2, -0.15) is 0 Å². The Morgan fingerprint density at radius 1 is 0.907 bits per heavy atom. The molecule has 0 amide bonds. The summed E-state index contributed by atoms with van der Waals surface area (Å²) in [6.45, 7) is 15.9. The van der Waals surface area contributed by atoms with Crippen molar-refractivity contribution in [2.24, 2.45) is 56.2 Å². The number of hydrogen-bond donors (Lipinski definition) is 8. The number of ether oxygens (including phenoxy) is 3. The van der Waals surface area contributed by atoms with Crippen LogP contribution in [0.2, 0.25) is 0 Å². The number of carbonyl (C=O) groups is 2. The number of aliphatic hydroxyl groups excluding tert-OH is 7. The summed E-state index contributed by atoms with van der Waals surface area (Å²) < 4.78 is 17.7. The number of carboxylic acids is 1. The molecule has 8 N–H and O–H groups in total. The maximum Gasteiger partial charge on any atom is 0.335 e. The lowest BCUT2D eigenvalue weighted by molar-refractivity contribution is -0.328. The van der Waals surface area contributed by atoms with Gasteiger partial charge in [-0.25, -0.2) is 4.79 Å². The van der Waals surface area contributed by atoms with Gasteiger partial charge >= 0.3 is 11.9 Å². The molecular formula is C41H66O13. The fourth-order valence-electron chi connectivity index (χ4n) is 12.9. The summed E-state index contributed by atoms with van der Waals surface area (Å²) in [6.07, 6.45) is -5.81. The highest BCUT2D eigenvalue weighted by molar-refractivity contribution is 5.73. The van der Waals surface area contributed by atoms with Gasteiger partial charge in [-0.05, 0) is 90.8 Å². The minimum absolute atomic E-state index is 0.0601. The van der Waals surface area contributed by atoms with Crippen LogP contribution in [-0.4, -0.2) is 121 Å². The number of carboxylic acid groups (broad SMARTS) is 1. The van der Waals surface area contributed by atoms with Crippen LogP contribution in [0.5, 0.6) is 0 Å². The largest absolute Gasteiger partial charge is 0.479 e. The lowest BCUT2D eigenvalue weighted by atomic mass is 9.33. The van der Waals surface area contributed by atoms with E-state index < -0.39 is 82.8 Å². The van der Waals surface area contributed by atoms with Crippen LogP contribution in [0.3, 0.4) is 0 Å². The molecule has 0 bridgehead atoms. The number of allylic oxidation sites excluding steroid dienone is 2. The molecule has 13 heteroatoms. The predicted octanol–water partition coefficient (Wildman–Crippen LogP) is 2.54. The van der Waals surface area contributed by atoms with E-state index in [1.165, 1.54) is 0 Å². The Morgan fingerprint density at radius 2 is 1.57 bits per heavy atom. The monoisotopic (exact) mass is 766 g/mol. The average Bonchev–Trinajstić information content (AvgIpc) is 3.11. The number of hydrogen-bond acceptors (Lipinski definition) is 12. The van der Waals surface area contributed by atoms with Crippen LogP contribution in [0.25, 0.3) is 0 Å². The van der Waals surface area contributed by atoms with Crippen LogP contribution < -0.4 is 0 Å². The van der Waals surface area contributed by atoms with E-state index in [0.717, 1.165) is 12.0 Å². The highest BCUT2D eigenvalue weighted by Gasteiger charge is 2.73. The Hall–Kier alpha value is -1.68. The molecule has 0 radical (unpaired) electrons. The second kappa shape index (κ2) is 14.0. The number of rotatable bonds is 8. The van der Waals surface area contributed by atoms with Gasteiger partial charge in [0.1, 0.15) is 24.9 Å². The Morgan fingerprint density at radius 3 is 2.19 bits per heavy atom. The first-order valence-corrected chi connectivity index (χ1v) is 20.1. The molecule has 1 aliphatic heterocycles. The highest BCUT2D eigenvalue weighted by atomic mass is 16.7. The van der Waals surface area contributed by atoms with Crippen LogP contribution in [0.1, 0.15) is 107 Å². The summed E-state index contributed by atoms with van der Waals surface area (Å²) in [5.41, 5.74) is -2.80. The van der Waals surface area contributed by atoms with E-state index in [4.69, 9.17) is 14.2 Å². The van der Waals surface area contributed by atoms with Gasteiger partial charge in [0.15, 0.2) is 12.4 Å². The van der Waals surface area contributed by atoms with E-state index in [0.29, 0.717) is 44.9 Å². The molecular weight excluding hydrogens is 700 g/mol. The first-order valence-electron chi connectivity index (χ1n) is 20.1. The number of fused-ring (bicyclic) bond motifs is 7. The van der Waals surface area contributed by atoms with Gasteiger partial charge in [0.2, 0.25) is 0 Å². The lowest BCUT2D eigenvalue weighted by Crippen LogP contribution is -2.72. The third-order valence-electron chi connectivity index (χ3n) is 16.8. The number of aliphatic carboxylic acids is 1. The smallest absolute Gasteiger partial charge is 0.335 e. The molecule has 0 aromatic carbocycles. The molecule has 0 aromatic heterocycles. The van der Waals surface area contributed by atoms with Crippen molar-refractivity contribution in [2.45, 2.75) is 162 Å². The molecule has 6 aliphatic rings. The standard InChI is InChI=1S/C41H66O13/c1-9-20(2)34(51)52-19-41-22(16-36(3,4)31(47)32(41)48)21-10-11-24-37(5)14-13-26(53-35-29(46)27(44)28(45)30(54-35)33(49)50)38(6,18-42)23(37)12-15-39(24,7)40(21,8)17-25(41)43/h10,20,22-32,35,42-48H,9,11-19H2,1-8H3,(H,49,50). The molecule has 18 atom stereocenters. The lowest BCUT2D eigenvalue weighted by Gasteiger charge is -2.72. The van der Waals surface area contributed by atoms with E-state index >= 15 is 0 Å². The minimum atomic E-state index is -1.84.